The van der Waals surface area contributed by atoms with E-state index in [0.717, 1.165) is 22.3 Å². The second-order valence-electron chi connectivity index (χ2n) is 10.1. The van der Waals surface area contributed by atoms with E-state index in [1.54, 1.807) is 37.4 Å². The third kappa shape index (κ3) is 7.25. The largest absolute Gasteiger partial charge is 0.357 e. The van der Waals surface area contributed by atoms with Crippen LogP contribution in [-0.4, -0.2) is 44.8 Å². The molecule has 2 amide bonds. The standard InChI is InChI=1S/C34H37N3O4S/c1-4-29-15-11-12-18-31(29)37(42(40,41)30-16-9-6-10-17-30)25-33(38)36(24-28-21-19-26(2)20-22-28)32(34(39)35-3)23-27-13-7-5-8-14-27/h5-22,32H,4,23-25H2,1-3H3,(H,35,39)/t32-/m0/s1. The Morgan fingerprint density at radius 1 is 0.786 bits per heavy atom. The maximum Gasteiger partial charge on any atom is 0.264 e. The molecular weight excluding hydrogens is 546 g/mol. The quantitative estimate of drug-likeness (QED) is 0.250. The highest BCUT2D eigenvalue weighted by Crippen LogP contribution is 2.28. The Hall–Kier alpha value is -4.43. The number of para-hydroxylation sites is 1. The predicted molar refractivity (Wildman–Crippen MR) is 167 cm³/mol. The number of amides is 2. The van der Waals surface area contributed by atoms with E-state index in [1.165, 1.54) is 21.3 Å². The number of rotatable bonds is 12. The number of nitrogens with one attached hydrogen (secondary N) is 1. The highest BCUT2D eigenvalue weighted by Gasteiger charge is 2.34. The minimum atomic E-state index is -4.12. The zero-order chi connectivity index (χ0) is 30.1. The molecule has 4 aromatic rings. The molecule has 0 heterocycles. The number of anilines is 1. The fraction of sp³-hybridized carbons (Fsp3) is 0.235. The lowest BCUT2D eigenvalue weighted by Gasteiger charge is -2.34. The molecule has 0 aromatic heterocycles. The number of sulfonamides is 1. The molecule has 0 aliphatic carbocycles. The van der Waals surface area contributed by atoms with Crippen molar-refractivity contribution in [3.8, 4) is 0 Å². The Morgan fingerprint density at radius 3 is 2.00 bits per heavy atom. The van der Waals surface area contributed by atoms with Crippen molar-refractivity contribution in [1.29, 1.82) is 0 Å². The summed E-state index contributed by atoms with van der Waals surface area (Å²) in [6, 6.07) is 31.7. The van der Waals surface area contributed by atoms with Gasteiger partial charge in [0.25, 0.3) is 10.0 Å². The Kier molecular flexibility index (Phi) is 10.1. The summed E-state index contributed by atoms with van der Waals surface area (Å²) in [6.45, 7) is 3.59. The molecule has 4 aromatic carbocycles. The van der Waals surface area contributed by atoms with Crippen LogP contribution in [0.2, 0.25) is 0 Å². The number of benzene rings is 4. The Labute approximate surface area is 248 Å². The van der Waals surface area contributed by atoms with E-state index in [-0.39, 0.29) is 23.8 Å². The maximum atomic E-state index is 14.4. The monoisotopic (exact) mass is 583 g/mol. The van der Waals surface area contributed by atoms with Gasteiger partial charge in [-0.3, -0.25) is 13.9 Å². The Bertz CT molecular complexity index is 1590. The van der Waals surface area contributed by atoms with Gasteiger partial charge in [0.05, 0.1) is 10.6 Å². The number of aryl methyl sites for hydroxylation is 2. The molecule has 0 fully saturated rings. The lowest BCUT2D eigenvalue weighted by atomic mass is 10.0. The predicted octanol–water partition coefficient (Wildman–Crippen LogP) is 5.14. The zero-order valence-corrected chi connectivity index (χ0v) is 25.1. The minimum Gasteiger partial charge on any atom is -0.357 e. The minimum absolute atomic E-state index is 0.0842. The highest BCUT2D eigenvalue weighted by molar-refractivity contribution is 7.92. The fourth-order valence-electron chi connectivity index (χ4n) is 4.90. The van der Waals surface area contributed by atoms with E-state index in [2.05, 4.69) is 5.32 Å². The van der Waals surface area contributed by atoms with Gasteiger partial charge in [0, 0.05) is 20.0 Å². The van der Waals surface area contributed by atoms with Crippen LogP contribution in [0.25, 0.3) is 0 Å². The summed E-state index contributed by atoms with van der Waals surface area (Å²) in [7, 11) is -2.58. The van der Waals surface area contributed by atoms with Gasteiger partial charge in [-0.25, -0.2) is 8.42 Å². The molecule has 8 heteroatoms. The van der Waals surface area contributed by atoms with Crippen molar-refractivity contribution in [3.63, 3.8) is 0 Å². The first-order valence-corrected chi connectivity index (χ1v) is 15.4. The van der Waals surface area contributed by atoms with Gasteiger partial charge in [0.15, 0.2) is 0 Å². The number of likely N-dealkylation sites (N-methyl/N-ethyl adjacent to an activating group) is 1. The van der Waals surface area contributed by atoms with Crippen molar-refractivity contribution in [2.24, 2.45) is 0 Å². The lowest BCUT2D eigenvalue weighted by molar-refractivity contribution is -0.139. The van der Waals surface area contributed by atoms with Gasteiger partial charge >= 0.3 is 0 Å². The first-order valence-electron chi connectivity index (χ1n) is 14.0. The van der Waals surface area contributed by atoms with Gasteiger partial charge < -0.3 is 10.2 Å². The van der Waals surface area contributed by atoms with E-state index < -0.39 is 28.5 Å². The molecular formula is C34H37N3O4S. The molecule has 7 nitrogen and oxygen atoms in total. The average Bonchev–Trinajstić information content (AvgIpc) is 3.02. The maximum absolute atomic E-state index is 14.4. The van der Waals surface area contributed by atoms with Gasteiger partial charge in [-0.05, 0) is 48.2 Å². The molecule has 0 aliphatic heterocycles. The van der Waals surface area contributed by atoms with E-state index in [0.29, 0.717) is 12.1 Å². The smallest absolute Gasteiger partial charge is 0.264 e. The summed E-state index contributed by atoms with van der Waals surface area (Å²) < 4.78 is 29.3. The van der Waals surface area contributed by atoms with Gasteiger partial charge in [-0.2, -0.15) is 0 Å². The van der Waals surface area contributed by atoms with Crippen LogP contribution in [0.3, 0.4) is 0 Å². The van der Waals surface area contributed by atoms with E-state index in [9.17, 15) is 18.0 Å². The van der Waals surface area contributed by atoms with Crippen molar-refractivity contribution in [1.82, 2.24) is 10.2 Å². The van der Waals surface area contributed by atoms with Crippen LogP contribution in [0.1, 0.15) is 29.2 Å². The SMILES string of the molecule is CCc1ccccc1N(CC(=O)N(Cc1ccc(C)cc1)[C@@H](Cc1ccccc1)C(=O)NC)S(=O)(=O)c1ccccc1. The van der Waals surface area contributed by atoms with Crippen LogP contribution in [0.15, 0.2) is 114 Å². The molecule has 0 aliphatic rings. The van der Waals surface area contributed by atoms with Crippen molar-refractivity contribution >= 4 is 27.5 Å². The van der Waals surface area contributed by atoms with E-state index >= 15 is 0 Å². The molecule has 0 bridgehead atoms. The first-order chi connectivity index (χ1) is 20.2. The summed E-state index contributed by atoms with van der Waals surface area (Å²) in [6.07, 6.45) is 0.849. The van der Waals surface area contributed by atoms with Crippen LogP contribution >= 0.6 is 0 Å². The number of nitrogens with zero attached hydrogens (tertiary/aromatic N) is 2. The van der Waals surface area contributed by atoms with Crippen LogP contribution in [-0.2, 0) is 39.0 Å². The summed E-state index contributed by atoms with van der Waals surface area (Å²) >= 11 is 0. The summed E-state index contributed by atoms with van der Waals surface area (Å²) in [4.78, 5) is 29.3. The van der Waals surface area contributed by atoms with Crippen LogP contribution in [0.5, 0.6) is 0 Å². The molecule has 1 atom stereocenters. The topological polar surface area (TPSA) is 86.8 Å². The third-order valence-corrected chi connectivity index (χ3v) is 9.02. The molecule has 1 N–H and O–H groups in total. The van der Waals surface area contributed by atoms with Crippen LogP contribution in [0.4, 0.5) is 5.69 Å². The molecule has 0 spiro atoms. The second-order valence-corrected chi connectivity index (χ2v) is 12.0. The van der Waals surface area contributed by atoms with Gasteiger partial charge in [-0.1, -0.05) is 103 Å². The molecule has 0 saturated heterocycles. The molecule has 4 rings (SSSR count). The Balaban J connectivity index is 1.80. The number of carbonyl (C=O) groups is 2. The molecule has 0 saturated carbocycles. The van der Waals surface area contributed by atoms with Gasteiger partial charge in [-0.15, -0.1) is 0 Å². The van der Waals surface area contributed by atoms with Crippen LogP contribution < -0.4 is 9.62 Å². The third-order valence-electron chi connectivity index (χ3n) is 7.24. The lowest BCUT2D eigenvalue weighted by Crippen LogP contribution is -2.53. The van der Waals surface area contributed by atoms with Crippen molar-refractivity contribution in [2.75, 3.05) is 17.9 Å². The van der Waals surface area contributed by atoms with Gasteiger partial charge in [0.1, 0.15) is 12.6 Å². The zero-order valence-electron chi connectivity index (χ0n) is 24.2. The van der Waals surface area contributed by atoms with E-state index in [4.69, 9.17) is 0 Å². The normalized spacial score (nSPS) is 11.9. The van der Waals surface area contributed by atoms with Crippen molar-refractivity contribution in [2.45, 2.75) is 44.2 Å². The second kappa shape index (κ2) is 14.0. The number of hydrogen-bond donors (Lipinski definition) is 1. The Morgan fingerprint density at radius 2 is 1.38 bits per heavy atom. The molecule has 218 valence electrons. The summed E-state index contributed by atoms with van der Waals surface area (Å²) in [5.41, 5.74) is 4.02. The average molecular weight is 584 g/mol. The molecule has 42 heavy (non-hydrogen) atoms. The van der Waals surface area contributed by atoms with E-state index in [1.807, 2.05) is 80.6 Å². The van der Waals surface area contributed by atoms with Crippen molar-refractivity contribution < 1.29 is 18.0 Å². The fourth-order valence-corrected chi connectivity index (χ4v) is 6.37. The molecule has 0 radical (unpaired) electrons. The molecule has 0 unspecified atom stereocenters. The first kappa shape index (κ1) is 30.5. The van der Waals surface area contributed by atoms with Crippen molar-refractivity contribution in [3.05, 3.63) is 131 Å². The summed E-state index contributed by atoms with van der Waals surface area (Å²) in [5.74, 6) is -0.809. The van der Waals surface area contributed by atoms with Crippen LogP contribution in [0, 0.1) is 6.92 Å². The number of carbonyl (C=O) groups excluding carboxylic acids is 2. The van der Waals surface area contributed by atoms with Gasteiger partial charge in [0.2, 0.25) is 11.8 Å². The number of hydrogen-bond acceptors (Lipinski definition) is 4. The summed E-state index contributed by atoms with van der Waals surface area (Å²) in [5, 5.41) is 2.71. The highest BCUT2D eigenvalue weighted by atomic mass is 32.2.